The van der Waals surface area contributed by atoms with E-state index in [0.717, 1.165) is 50.6 Å². The summed E-state index contributed by atoms with van der Waals surface area (Å²) in [6, 6.07) is 67.3. The number of rotatable bonds is 6. The standard InChI is InChI=1S/C53H35N3/c1-4-14-34(15-5-1)46-28-24-37(32-54-46)39-30-48(38-25-29-47(55-33-38)35-16-6-2-7-17-35)56-49(31-39)51-43-23-13-11-21-41(43)45-27-26-44-40-20-10-12-22-42(40)50(52(44)53(45)51)36-18-8-3-9-19-36/h1-33,50-51H. The van der Waals surface area contributed by atoms with Crippen molar-refractivity contribution in [3.8, 4) is 67.2 Å². The van der Waals surface area contributed by atoms with Gasteiger partial charge in [-0.15, -0.1) is 0 Å². The maximum Gasteiger partial charge on any atom is 0.0727 e. The van der Waals surface area contributed by atoms with E-state index in [4.69, 9.17) is 15.0 Å². The summed E-state index contributed by atoms with van der Waals surface area (Å²) in [6.45, 7) is 0. The minimum atomic E-state index is -0.0801. The normalized spacial score (nSPS) is 14.8. The second-order valence-corrected chi connectivity index (χ2v) is 14.7. The monoisotopic (exact) mass is 713 g/mol. The molecule has 3 aromatic heterocycles. The first-order chi connectivity index (χ1) is 27.8. The highest BCUT2D eigenvalue weighted by molar-refractivity contribution is 5.91. The zero-order chi connectivity index (χ0) is 37.0. The lowest BCUT2D eigenvalue weighted by Gasteiger charge is -2.23. The molecule has 0 fully saturated rings. The quantitative estimate of drug-likeness (QED) is 0.172. The first kappa shape index (κ1) is 32.2. The number of hydrogen-bond donors (Lipinski definition) is 0. The number of nitrogens with zero attached hydrogens (tertiary/aromatic N) is 3. The topological polar surface area (TPSA) is 38.7 Å². The Morgan fingerprint density at radius 1 is 0.321 bits per heavy atom. The van der Waals surface area contributed by atoms with Gasteiger partial charge in [0.1, 0.15) is 0 Å². The number of aromatic nitrogens is 3. The van der Waals surface area contributed by atoms with E-state index in [1.54, 1.807) is 0 Å². The average Bonchev–Trinajstić information content (AvgIpc) is 3.80. The average molecular weight is 714 g/mol. The van der Waals surface area contributed by atoms with Gasteiger partial charge in [-0.1, -0.05) is 158 Å². The fourth-order valence-corrected chi connectivity index (χ4v) is 9.01. The predicted molar refractivity (Wildman–Crippen MR) is 227 cm³/mol. The molecule has 0 aliphatic heterocycles. The van der Waals surface area contributed by atoms with Crippen molar-refractivity contribution >= 4 is 0 Å². The van der Waals surface area contributed by atoms with E-state index in [-0.39, 0.29) is 11.8 Å². The maximum atomic E-state index is 5.59. The maximum absolute atomic E-state index is 5.59. The second-order valence-electron chi connectivity index (χ2n) is 14.7. The van der Waals surface area contributed by atoms with Gasteiger partial charge >= 0.3 is 0 Å². The van der Waals surface area contributed by atoms with Crippen LogP contribution in [0.15, 0.2) is 200 Å². The second kappa shape index (κ2) is 13.3. The van der Waals surface area contributed by atoms with Crippen LogP contribution in [0, 0.1) is 0 Å². The third-order valence-corrected chi connectivity index (χ3v) is 11.6. The van der Waals surface area contributed by atoms with Crippen molar-refractivity contribution in [1.82, 2.24) is 15.0 Å². The van der Waals surface area contributed by atoms with Crippen molar-refractivity contribution in [3.05, 3.63) is 234 Å². The van der Waals surface area contributed by atoms with Crippen LogP contribution < -0.4 is 0 Å². The minimum absolute atomic E-state index is 0.0801. The van der Waals surface area contributed by atoms with Crippen molar-refractivity contribution in [2.45, 2.75) is 11.8 Å². The fourth-order valence-electron chi connectivity index (χ4n) is 9.01. The molecule has 9 aromatic rings. The van der Waals surface area contributed by atoms with Gasteiger partial charge in [0, 0.05) is 40.6 Å². The van der Waals surface area contributed by atoms with Gasteiger partial charge in [0.15, 0.2) is 0 Å². The minimum Gasteiger partial charge on any atom is -0.256 e. The van der Waals surface area contributed by atoms with E-state index in [2.05, 4.69) is 164 Å². The van der Waals surface area contributed by atoms with Crippen LogP contribution in [0.3, 0.4) is 0 Å². The van der Waals surface area contributed by atoms with Crippen LogP contribution in [0.25, 0.3) is 67.2 Å². The largest absolute Gasteiger partial charge is 0.256 e. The van der Waals surface area contributed by atoms with Crippen molar-refractivity contribution in [3.63, 3.8) is 0 Å². The SMILES string of the molecule is c1ccc(-c2ccc(-c3cc(-c4ccc(-c5ccccc5)nc4)nc(C4c5ccccc5-c5ccc6c(c54)C(c4ccccc4)c4ccccc4-6)c3)cn2)cc1. The summed E-state index contributed by atoms with van der Waals surface area (Å²) < 4.78 is 0. The molecule has 3 heterocycles. The van der Waals surface area contributed by atoms with Crippen LogP contribution in [0.4, 0.5) is 0 Å². The molecule has 0 radical (unpaired) electrons. The van der Waals surface area contributed by atoms with Crippen LogP contribution in [0.1, 0.15) is 45.3 Å². The summed E-state index contributed by atoms with van der Waals surface area (Å²) in [7, 11) is 0. The Balaban J connectivity index is 1.12. The number of pyridine rings is 3. The van der Waals surface area contributed by atoms with Gasteiger partial charge in [0.2, 0.25) is 0 Å². The molecule has 262 valence electrons. The molecule has 56 heavy (non-hydrogen) atoms. The zero-order valence-corrected chi connectivity index (χ0v) is 30.5. The Morgan fingerprint density at radius 2 is 0.821 bits per heavy atom. The Morgan fingerprint density at radius 3 is 1.39 bits per heavy atom. The first-order valence-electron chi connectivity index (χ1n) is 19.2. The highest BCUT2D eigenvalue weighted by Gasteiger charge is 2.40. The van der Waals surface area contributed by atoms with Crippen LogP contribution >= 0.6 is 0 Å². The number of hydrogen-bond acceptors (Lipinski definition) is 3. The predicted octanol–water partition coefficient (Wildman–Crippen LogP) is 12.9. The number of benzene rings is 6. The molecule has 11 rings (SSSR count). The summed E-state index contributed by atoms with van der Waals surface area (Å²) in [5, 5.41) is 0. The molecule has 3 heteroatoms. The summed E-state index contributed by atoms with van der Waals surface area (Å²) in [6.07, 6.45) is 3.96. The molecule has 2 aliphatic rings. The Hall–Kier alpha value is -7.23. The van der Waals surface area contributed by atoms with Gasteiger partial charge in [0.25, 0.3) is 0 Å². The molecule has 0 spiro atoms. The molecule has 0 saturated heterocycles. The van der Waals surface area contributed by atoms with E-state index in [0.29, 0.717) is 0 Å². The van der Waals surface area contributed by atoms with E-state index in [1.807, 2.05) is 36.7 Å². The molecule has 0 bridgehead atoms. The summed E-state index contributed by atoms with van der Waals surface area (Å²) in [5.74, 6) is 0.0322. The molecule has 0 N–H and O–H groups in total. The number of fused-ring (bicyclic) bond motifs is 7. The lowest BCUT2D eigenvalue weighted by molar-refractivity contribution is 0.906. The van der Waals surface area contributed by atoms with E-state index in [1.165, 1.54) is 50.1 Å². The Bertz CT molecular complexity index is 2780. The van der Waals surface area contributed by atoms with Crippen LogP contribution in [0.2, 0.25) is 0 Å². The lowest BCUT2D eigenvalue weighted by atomic mass is 9.81. The van der Waals surface area contributed by atoms with Crippen LogP contribution in [-0.4, -0.2) is 15.0 Å². The van der Waals surface area contributed by atoms with Gasteiger partial charge in [0.05, 0.1) is 28.7 Å². The molecule has 0 saturated carbocycles. The first-order valence-corrected chi connectivity index (χ1v) is 19.2. The third-order valence-electron chi connectivity index (χ3n) is 11.6. The van der Waals surface area contributed by atoms with Gasteiger partial charge in [-0.25, -0.2) is 0 Å². The van der Waals surface area contributed by atoms with Crippen LogP contribution in [-0.2, 0) is 0 Å². The highest BCUT2D eigenvalue weighted by atomic mass is 14.8. The van der Waals surface area contributed by atoms with Crippen LogP contribution in [0.5, 0.6) is 0 Å². The summed E-state index contributed by atoms with van der Waals surface area (Å²) in [4.78, 5) is 15.5. The van der Waals surface area contributed by atoms with Crippen molar-refractivity contribution in [1.29, 1.82) is 0 Å². The van der Waals surface area contributed by atoms with Crippen molar-refractivity contribution in [2.75, 3.05) is 0 Å². The molecule has 0 amide bonds. The van der Waals surface area contributed by atoms with E-state index in [9.17, 15) is 0 Å². The molecule has 2 atom stereocenters. The lowest BCUT2D eigenvalue weighted by Crippen LogP contribution is -2.09. The Labute approximate surface area is 326 Å². The Kier molecular flexibility index (Phi) is 7.63. The highest BCUT2D eigenvalue weighted by Crippen LogP contribution is 2.58. The summed E-state index contributed by atoms with van der Waals surface area (Å²) in [5.41, 5.74) is 20.9. The van der Waals surface area contributed by atoms with Gasteiger partial charge < -0.3 is 0 Å². The third kappa shape index (κ3) is 5.32. The zero-order valence-electron chi connectivity index (χ0n) is 30.5. The molecule has 3 nitrogen and oxygen atoms in total. The van der Waals surface area contributed by atoms with Gasteiger partial charge in [-0.2, -0.15) is 0 Å². The molecular formula is C53H35N3. The van der Waals surface area contributed by atoms with Gasteiger partial charge in [-0.3, -0.25) is 15.0 Å². The molecular weight excluding hydrogens is 679 g/mol. The summed E-state index contributed by atoms with van der Waals surface area (Å²) >= 11 is 0. The van der Waals surface area contributed by atoms with E-state index < -0.39 is 0 Å². The fraction of sp³-hybridized carbons (Fsp3) is 0.0377. The smallest absolute Gasteiger partial charge is 0.0727 e. The molecule has 6 aromatic carbocycles. The van der Waals surface area contributed by atoms with Gasteiger partial charge in [-0.05, 0) is 86.0 Å². The van der Waals surface area contributed by atoms with E-state index >= 15 is 0 Å². The van der Waals surface area contributed by atoms with Crippen molar-refractivity contribution < 1.29 is 0 Å². The molecule has 2 aliphatic carbocycles. The van der Waals surface area contributed by atoms with Crippen molar-refractivity contribution in [2.24, 2.45) is 0 Å². The molecule has 2 unspecified atom stereocenters.